The molecule has 0 bridgehead atoms. The number of hydrogen-bond acceptors (Lipinski definition) is 11. The summed E-state index contributed by atoms with van der Waals surface area (Å²) < 4.78 is 58.3. The number of nitro benzene ring substituents is 2. The van der Waals surface area contributed by atoms with Gasteiger partial charge in [-0.05, 0) is 12.1 Å². The highest BCUT2D eigenvalue weighted by atomic mass is 32.2. The predicted molar refractivity (Wildman–Crippen MR) is 104 cm³/mol. The Hall–Kier alpha value is -3.47. The lowest BCUT2D eigenvalue weighted by atomic mass is 10.3. The molecular formula is C16H14N2O12S2. The van der Waals surface area contributed by atoms with E-state index >= 15 is 0 Å². The van der Waals surface area contributed by atoms with E-state index in [2.05, 4.69) is 8.37 Å². The second kappa shape index (κ2) is 9.77. The number of para-hydroxylation sites is 2. The van der Waals surface area contributed by atoms with E-state index in [1.165, 1.54) is 18.2 Å². The molecule has 0 amide bonds. The van der Waals surface area contributed by atoms with Crippen LogP contribution in [0.1, 0.15) is 6.42 Å². The SMILES string of the molecule is O=C(O)C(CCOS(=O)(=O)c1ccccc1[N+](=O)[O-])OS(=O)(=O)c1ccccc1[N+](=O)[O-]. The molecular weight excluding hydrogens is 476 g/mol. The fourth-order valence-electron chi connectivity index (χ4n) is 2.38. The van der Waals surface area contributed by atoms with Crippen LogP contribution in [0.5, 0.6) is 0 Å². The molecule has 2 aromatic rings. The first-order valence-corrected chi connectivity index (χ1v) is 11.2. The molecule has 0 fully saturated rings. The van der Waals surface area contributed by atoms with Crippen molar-refractivity contribution in [2.24, 2.45) is 0 Å². The van der Waals surface area contributed by atoms with Crippen molar-refractivity contribution in [3.05, 3.63) is 68.8 Å². The average Bonchev–Trinajstić information content (AvgIpc) is 2.72. The molecule has 0 saturated carbocycles. The van der Waals surface area contributed by atoms with E-state index in [4.69, 9.17) is 0 Å². The van der Waals surface area contributed by atoms with Gasteiger partial charge in [0.05, 0.1) is 16.5 Å². The summed E-state index contributed by atoms with van der Waals surface area (Å²) in [4.78, 5) is 29.7. The Bertz CT molecular complexity index is 1260. The summed E-state index contributed by atoms with van der Waals surface area (Å²) in [5.74, 6) is -1.82. The molecule has 1 atom stereocenters. The number of nitrogens with zero attached hydrogens (tertiary/aromatic N) is 2. The maximum atomic E-state index is 12.3. The van der Waals surface area contributed by atoms with E-state index in [0.29, 0.717) is 0 Å². The minimum atomic E-state index is -4.93. The molecule has 0 heterocycles. The number of benzene rings is 2. The summed E-state index contributed by atoms with van der Waals surface area (Å²) in [6.45, 7) is -0.919. The number of rotatable bonds is 11. The molecule has 0 saturated heterocycles. The first kappa shape index (κ1) is 24.8. The van der Waals surface area contributed by atoms with Gasteiger partial charge in [0.25, 0.3) is 11.4 Å². The molecule has 0 spiro atoms. The first-order chi connectivity index (χ1) is 14.9. The molecule has 16 heteroatoms. The van der Waals surface area contributed by atoms with Crippen LogP contribution in [0, 0.1) is 20.2 Å². The van der Waals surface area contributed by atoms with Crippen LogP contribution < -0.4 is 0 Å². The summed E-state index contributed by atoms with van der Waals surface area (Å²) in [6, 6.07) is 8.28. The number of carboxylic acids is 1. The van der Waals surface area contributed by atoms with Crippen molar-refractivity contribution in [1.82, 2.24) is 0 Å². The highest BCUT2D eigenvalue weighted by molar-refractivity contribution is 7.87. The van der Waals surface area contributed by atoms with Crippen molar-refractivity contribution in [2.75, 3.05) is 6.61 Å². The maximum absolute atomic E-state index is 12.3. The Morgan fingerprint density at radius 2 is 1.31 bits per heavy atom. The molecule has 0 aliphatic carbocycles. The van der Waals surface area contributed by atoms with Crippen LogP contribution in [-0.2, 0) is 33.4 Å². The Kier molecular flexibility index (Phi) is 7.57. The van der Waals surface area contributed by atoms with Crippen LogP contribution in [0.3, 0.4) is 0 Å². The van der Waals surface area contributed by atoms with Gasteiger partial charge in [-0.25, -0.2) is 4.79 Å². The molecule has 0 radical (unpaired) electrons. The highest BCUT2D eigenvalue weighted by Crippen LogP contribution is 2.27. The second-order valence-electron chi connectivity index (χ2n) is 5.89. The zero-order valence-corrected chi connectivity index (χ0v) is 17.4. The number of carboxylic acid groups (broad SMARTS) is 1. The lowest BCUT2D eigenvalue weighted by Crippen LogP contribution is -2.29. The van der Waals surface area contributed by atoms with Crippen molar-refractivity contribution >= 4 is 37.6 Å². The molecule has 1 unspecified atom stereocenters. The summed E-state index contributed by atoms with van der Waals surface area (Å²) in [5, 5.41) is 31.2. The van der Waals surface area contributed by atoms with Crippen LogP contribution in [0.15, 0.2) is 58.3 Å². The smallest absolute Gasteiger partial charge is 0.334 e. The van der Waals surface area contributed by atoms with Gasteiger partial charge in [0.2, 0.25) is 0 Å². The Morgan fingerprint density at radius 3 is 1.75 bits per heavy atom. The van der Waals surface area contributed by atoms with Crippen LogP contribution in [-0.4, -0.2) is 50.5 Å². The van der Waals surface area contributed by atoms with Crippen molar-refractivity contribution in [1.29, 1.82) is 0 Å². The fourth-order valence-corrected chi connectivity index (χ4v) is 4.70. The molecule has 1 N–H and O–H groups in total. The van der Waals surface area contributed by atoms with E-state index in [0.717, 1.165) is 30.3 Å². The summed E-state index contributed by atoms with van der Waals surface area (Å²) in [7, 11) is -9.63. The summed E-state index contributed by atoms with van der Waals surface area (Å²) in [6.07, 6.45) is -2.99. The van der Waals surface area contributed by atoms with Crippen molar-refractivity contribution in [2.45, 2.75) is 22.3 Å². The summed E-state index contributed by atoms with van der Waals surface area (Å²) in [5.41, 5.74) is -1.63. The lowest BCUT2D eigenvalue weighted by molar-refractivity contribution is -0.388. The van der Waals surface area contributed by atoms with Gasteiger partial charge in [-0.1, -0.05) is 24.3 Å². The van der Waals surface area contributed by atoms with Gasteiger partial charge in [-0.2, -0.15) is 16.8 Å². The standard InChI is InChI=1S/C16H14N2O12S2/c19-16(20)13(30-32(27,28)15-8-4-2-6-12(15)18(23)24)9-10-29-31(25,26)14-7-3-1-5-11(14)17(21)22/h1-8,13H,9-10H2,(H,19,20). The zero-order chi connectivity index (χ0) is 24.1. The van der Waals surface area contributed by atoms with E-state index < -0.39 is 76.3 Å². The topological polar surface area (TPSA) is 210 Å². The quantitative estimate of drug-likeness (QED) is 0.269. The second-order valence-corrected chi connectivity index (χ2v) is 9.02. The molecule has 32 heavy (non-hydrogen) atoms. The third-order valence-corrected chi connectivity index (χ3v) is 6.53. The van der Waals surface area contributed by atoms with Crippen molar-refractivity contribution < 1.29 is 44.9 Å². The van der Waals surface area contributed by atoms with E-state index in [9.17, 15) is 47.0 Å². The summed E-state index contributed by atoms with van der Waals surface area (Å²) >= 11 is 0. The average molecular weight is 490 g/mol. The number of nitro groups is 2. The molecule has 172 valence electrons. The van der Waals surface area contributed by atoms with Gasteiger partial charge in [-0.15, -0.1) is 0 Å². The minimum Gasteiger partial charge on any atom is -0.479 e. The Labute approximate surface area is 180 Å². The molecule has 0 aliphatic heterocycles. The number of hydrogen-bond donors (Lipinski definition) is 1. The number of carbonyl (C=O) groups is 1. The van der Waals surface area contributed by atoms with Gasteiger partial charge in [0.1, 0.15) is 0 Å². The van der Waals surface area contributed by atoms with E-state index in [-0.39, 0.29) is 0 Å². The zero-order valence-electron chi connectivity index (χ0n) is 15.8. The van der Waals surface area contributed by atoms with Gasteiger partial charge < -0.3 is 5.11 Å². The molecule has 2 aromatic carbocycles. The lowest BCUT2D eigenvalue weighted by Gasteiger charge is -2.14. The molecule has 14 nitrogen and oxygen atoms in total. The monoisotopic (exact) mass is 490 g/mol. The molecule has 0 aromatic heterocycles. The third kappa shape index (κ3) is 5.82. The Balaban J connectivity index is 2.18. The van der Waals surface area contributed by atoms with Crippen molar-refractivity contribution in [3.63, 3.8) is 0 Å². The minimum absolute atomic E-state index is 0.780. The normalized spacial score (nSPS) is 12.8. The van der Waals surface area contributed by atoms with Crippen molar-refractivity contribution in [3.8, 4) is 0 Å². The number of aliphatic carboxylic acids is 1. The van der Waals surface area contributed by atoms with Crippen LogP contribution in [0.2, 0.25) is 0 Å². The largest absolute Gasteiger partial charge is 0.479 e. The Morgan fingerprint density at radius 1 is 0.875 bits per heavy atom. The third-order valence-electron chi connectivity index (χ3n) is 3.80. The first-order valence-electron chi connectivity index (χ1n) is 8.39. The molecule has 2 rings (SSSR count). The van der Waals surface area contributed by atoms with Gasteiger partial charge in [0.15, 0.2) is 15.9 Å². The van der Waals surface area contributed by atoms with Crippen LogP contribution >= 0.6 is 0 Å². The van der Waals surface area contributed by atoms with Gasteiger partial charge in [0, 0.05) is 18.6 Å². The molecule has 0 aliphatic rings. The fraction of sp³-hybridized carbons (Fsp3) is 0.188. The van der Waals surface area contributed by atoms with Crippen LogP contribution in [0.4, 0.5) is 11.4 Å². The van der Waals surface area contributed by atoms with Gasteiger partial charge in [-0.3, -0.25) is 28.6 Å². The van der Waals surface area contributed by atoms with E-state index in [1.807, 2.05) is 0 Å². The highest BCUT2D eigenvalue weighted by Gasteiger charge is 2.33. The van der Waals surface area contributed by atoms with E-state index in [1.54, 1.807) is 0 Å². The maximum Gasteiger partial charge on any atom is 0.334 e. The van der Waals surface area contributed by atoms with Gasteiger partial charge >= 0.3 is 26.2 Å². The predicted octanol–water partition coefficient (Wildman–Crippen LogP) is 1.46. The van der Waals surface area contributed by atoms with Crippen LogP contribution in [0.25, 0.3) is 0 Å².